The molecule has 4 heterocycles. The Kier molecular flexibility index (Phi) is 6.66. The number of fused-ring (bicyclic) bond motifs is 4. The van der Waals surface area contributed by atoms with E-state index in [2.05, 4.69) is 20.2 Å². The van der Waals surface area contributed by atoms with Gasteiger partial charge in [0.2, 0.25) is 22.6 Å². The second-order valence-corrected chi connectivity index (χ2v) is 10.1. The molecule has 0 radical (unpaired) electrons. The molecule has 0 unspecified atom stereocenters. The van der Waals surface area contributed by atoms with E-state index < -0.39 is 22.6 Å². The number of aldehydes is 1. The molecule has 14 heteroatoms. The number of ketones is 1. The van der Waals surface area contributed by atoms with Crippen LogP contribution in [0.5, 0.6) is 0 Å². The highest BCUT2D eigenvalue weighted by molar-refractivity contribution is 6.20. The molecule has 0 saturated carbocycles. The van der Waals surface area contributed by atoms with Crippen LogP contribution in [0, 0.1) is 0 Å². The van der Waals surface area contributed by atoms with Crippen LogP contribution >= 0.6 is 0 Å². The fraction of sp³-hybridized carbons (Fsp3) is 0.0938. The molecule has 0 aliphatic rings. The standard InChI is InChI=1S/C32H22N6O8/c1-3-44-32(43)19(16(2)40)14-20-22-30(37(35-20)17-10-6-4-7-11-17)45-28-24(33-22)26(41)29-25(27(28)42)34-23-21(15-39)36-38(31(23)46-29)18-12-8-5-9-13-18/h4-15,33-34H,3H2,1-2H3/b19-14-. The molecule has 4 aromatic heterocycles. The average molecular weight is 619 g/mol. The second kappa shape index (κ2) is 10.9. The first kappa shape index (κ1) is 28.2. The third-order valence-corrected chi connectivity index (χ3v) is 7.23. The minimum absolute atomic E-state index is 0.0102. The SMILES string of the molecule is CCOC(=O)/C(=C\c1nn(-c2ccccc2)c2oc3c(=O)c4[nH]c5c(C=O)nn(-c6ccccc6)c5oc4c(=O)c3[nH]c12)C(C)=O. The lowest BCUT2D eigenvalue weighted by Gasteiger charge is -2.06. The van der Waals surface area contributed by atoms with Gasteiger partial charge in [-0.2, -0.15) is 19.6 Å². The smallest absolute Gasteiger partial charge is 0.341 e. The summed E-state index contributed by atoms with van der Waals surface area (Å²) in [5, 5.41) is 8.85. The summed E-state index contributed by atoms with van der Waals surface area (Å²) < 4.78 is 19.9. The first-order chi connectivity index (χ1) is 22.3. The Bertz CT molecular complexity index is 2540. The van der Waals surface area contributed by atoms with Crippen LogP contribution in [0.1, 0.15) is 30.0 Å². The molecule has 0 saturated heterocycles. The van der Waals surface area contributed by atoms with Crippen molar-refractivity contribution in [3.05, 3.63) is 98.1 Å². The van der Waals surface area contributed by atoms with Crippen LogP contribution in [0.15, 0.2) is 84.7 Å². The normalized spacial score (nSPS) is 11.9. The van der Waals surface area contributed by atoms with Crippen molar-refractivity contribution < 1.29 is 28.0 Å². The molecule has 3 aromatic carbocycles. The second-order valence-electron chi connectivity index (χ2n) is 10.1. The van der Waals surface area contributed by atoms with Crippen LogP contribution in [-0.4, -0.2) is 54.2 Å². The van der Waals surface area contributed by atoms with Gasteiger partial charge in [0.1, 0.15) is 33.3 Å². The van der Waals surface area contributed by atoms with Crippen LogP contribution in [-0.2, 0) is 14.3 Å². The summed E-state index contributed by atoms with van der Waals surface area (Å²) >= 11 is 0. The number of hydrogen-bond donors (Lipinski definition) is 2. The molecule has 0 atom stereocenters. The lowest BCUT2D eigenvalue weighted by molar-refractivity contribution is -0.139. The van der Waals surface area contributed by atoms with Crippen molar-refractivity contribution in [2.75, 3.05) is 6.61 Å². The molecule has 0 bridgehead atoms. The molecule has 0 amide bonds. The highest BCUT2D eigenvalue weighted by Gasteiger charge is 2.25. The van der Waals surface area contributed by atoms with Gasteiger partial charge >= 0.3 is 5.97 Å². The number of aromatic amines is 2. The number of ether oxygens (including phenoxy) is 1. The molecule has 0 fully saturated rings. The van der Waals surface area contributed by atoms with Crippen molar-refractivity contribution in [3.63, 3.8) is 0 Å². The van der Waals surface area contributed by atoms with Crippen molar-refractivity contribution in [1.29, 1.82) is 0 Å². The van der Waals surface area contributed by atoms with Gasteiger partial charge in [0.15, 0.2) is 17.8 Å². The van der Waals surface area contributed by atoms with E-state index in [4.69, 9.17) is 13.6 Å². The number of rotatable bonds is 7. The Morgan fingerprint density at radius 1 is 0.783 bits per heavy atom. The maximum Gasteiger partial charge on any atom is 0.341 e. The van der Waals surface area contributed by atoms with E-state index in [0.29, 0.717) is 17.7 Å². The molecular weight excluding hydrogens is 596 g/mol. The molecule has 7 aromatic rings. The van der Waals surface area contributed by atoms with Crippen LogP contribution in [0.4, 0.5) is 0 Å². The summed E-state index contributed by atoms with van der Waals surface area (Å²) in [5.41, 5.74) is -1.67. The number of Topliss-reactive ketones (excluding diaryl/α,β-unsaturated/α-hetero) is 1. The van der Waals surface area contributed by atoms with Crippen molar-refractivity contribution >= 4 is 68.8 Å². The maximum atomic E-state index is 13.9. The number of para-hydroxylation sites is 2. The summed E-state index contributed by atoms with van der Waals surface area (Å²) in [6, 6.07) is 17.5. The van der Waals surface area contributed by atoms with E-state index in [1.54, 1.807) is 67.6 Å². The lowest BCUT2D eigenvalue weighted by atomic mass is 10.1. The zero-order chi connectivity index (χ0) is 32.1. The Balaban J connectivity index is 1.57. The van der Waals surface area contributed by atoms with E-state index in [-0.39, 0.29) is 68.2 Å². The maximum absolute atomic E-state index is 13.9. The Morgan fingerprint density at radius 3 is 1.72 bits per heavy atom. The summed E-state index contributed by atoms with van der Waals surface area (Å²) in [6.45, 7) is 2.86. The van der Waals surface area contributed by atoms with E-state index in [1.807, 2.05) is 0 Å². The highest BCUT2D eigenvalue weighted by atomic mass is 16.5. The van der Waals surface area contributed by atoms with E-state index >= 15 is 0 Å². The molecule has 0 spiro atoms. The molecule has 7 rings (SSSR count). The number of H-pyrrole nitrogens is 2. The molecule has 14 nitrogen and oxygen atoms in total. The average Bonchev–Trinajstić information content (AvgIpc) is 3.63. The van der Waals surface area contributed by atoms with Gasteiger partial charge in [0.05, 0.1) is 18.0 Å². The Morgan fingerprint density at radius 2 is 1.26 bits per heavy atom. The first-order valence-electron chi connectivity index (χ1n) is 14.0. The van der Waals surface area contributed by atoms with Gasteiger partial charge < -0.3 is 23.5 Å². The Hall–Kier alpha value is -6.57. The highest BCUT2D eigenvalue weighted by Crippen LogP contribution is 2.27. The van der Waals surface area contributed by atoms with Crippen molar-refractivity contribution in [2.45, 2.75) is 13.8 Å². The van der Waals surface area contributed by atoms with Crippen LogP contribution < -0.4 is 10.9 Å². The minimum atomic E-state index is -0.851. The number of carbonyl (C=O) groups excluding carboxylic acids is 3. The van der Waals surface area contributed by atoms with Crippen LogP contribution in [0.2, 0.25) is 0 Å². The van der Waals surface area contributed by atoms with Crippen molar-refractivity contribution in [1.82, 2.24) is 29.5 Å². The van der Waals surface area contributed by atoms with Gasteiger partial charge in [-0.25, -0.2) is 4.79 Å². The number of nitrogens with zero attached hydrogens (tertiary/aromatic N) is 4. The number of aromatic nitrogens is 6. The van der Waals surface area contributed by atoms with Crippen molar-refractivity contribution in [2.24, 2.45) is 0 Å². The van der Waals surface area contributed by atoms with Gasteiger partial charge in [-0.1, -0.05) is 36.4 Å². The molecule has 2 N–H and O–H groups in total. The number of nitrogens with one attached hydrogen (secondary N) is 2. The third kappa shape index (κ3) is 4.39. The Labute approximate surface area is 256 Å². The largest absolute Gasteiger partial charge is 0.462 e. The predicted molar refractivity (Wildman–Crippen MR) is 166 cm³/mol. The quantitative estimate of drug-likeness (QED) is 0.0656. The zero-order valence-corrected chi connectivity index (χ0v) is 24.2. The number of benzene rings is 3. The van der Waals surface area contributed by atoms with E-state index in [9.17, 15) is 24.0 Å². The number of carbonyl (C=O) groups is 3. The van der Waals surface area contributed by atoms with Crippen LogP contribution in [0.25, 0.3) is 62.1 Å². The monoisotopic (exact) mass is 618 g/mol. The molecule has 0 aliphatic carbocycles. The van der Waals surface area contributed by atoms with Gasteiger partial charge in [-0.15, -0.1) is 0 Å². The van der Waals surface area contributed by atoms with E-state index in [0.717, 1.165) is 0 Å². The minimum Gasteiger partial charge on any atom is -0.462 e. The third-order valence-electron chi connectivity index (χ3n) is 7.23. The van der Waals surface area contributed by atoms with Gasteiger partial charge in [-0.3, -0.25) is 19.2 Å². The molecule has 46 heavy (non-hydrogen) atoms. The van der Waals surface area contributed by atoms with Gasteiger partial charge in [0, 0.05) is 0 Å². The fourth-order valence-corrected chi connectivity index (χ4v) is 5.11. The van der Waals surface area contributed by atoms with Crippen LogP contribution in [0.3, 0.4) is 0 Å². The van der Waals surface area contributed by atoms with Crippen molar-refractivity contribution in [3.8, 4) is 11.4 Å². The predicted octanol–water partition coefficient (Wildman–Crippen LogP) is 4.14. The summed E-state index contributed by atoms with van der Waals surface area (Å²) in [5.74, 6) is -1.42. The zero-order valence-electron chi connectivity index (χ0n) is 24.2. The molecule has 228 valence electrons. The van der Waals surface area contributed by atoms with E-state index in [1.165, 1.54) is 22.4 Å². The summed E-state index contributed by atoms with van der Waals surface area (Å²) in [4.78, 5) is 70.6. The summed E-state index contributed by atoms with van der Waals surface area (Å²) in [7, 11) is 0. The van der Waals surface area contributed by atoms with Gasteiger partial charge in [-0.05, 0) is 44.2 Å². The first-order valence-corrected chi connectivity index (χ1v) is 14.0. The fourth-order valence-electron chi connectivity index (χ4n) is 5.11. The number of esters is 1. The molecule has 0 aliphatic heterocycles. The summed E-state index contributed by atoms with van der Waals surface area (Å²) in [6.07, 6.45) is 1.73. The van der Waals surface area contributed by atoms with Gasteiger partial charge in [0.25, 0.3) is 10.9 Å². The lowest BCUT2D eigenvalue weighted by Crippen LogP contribution is -2.16. The topological polar surface area (TPSA) is 188 Å². The number of hydrogen-bond acceptors (Lipinski definition) is 10. The molecular formula is C32H22N6O8.